The van der Waals surface area contributed by atoms with Gasteiger partial charge in [0.15, 0.2) is 0 Å². The Morgan fingerprint density at radius 1 is 1.15 bits per heavy atom. The first-order valence-electron chi connectivity index (χ1n) is 10.1. The molecule has 1 aliphatic heterocycles. The first-order valence-corrected chi connectivity index (χ1v) is 10.1. The highest BCUT2D eigenvalue weighted by Gasteiger charge is 2.25. The maximum Gasteiger partial charge on any atom is 0.0923 e. The monoisotopic (exact) mass is 362 g/mol. The van der Waals surface area contributed by atoms with Gasteiger partial charge < -0.3 is 0 Å². The molecule has 0 amide bonds. The highest BCUT2D eigenvalue weighted by atomic mass is 15.2. The summed E-state index contributed by atoms with van der Waals surface area (Å²) >= 11 is 0. The third-order valence-electron chi connectivity index (χ3n) is 5.89. The molecule has 4 heteroatoms. The number of aromatic nitrogens is 3. The number of hydrogen-bond donors (Lipinski definition) is 0. The van der Waals surface area contributed by atoms with Crippen LogP contribution in [0.1, 0.15) is 48.3 Å². The summed E-state index contributed by atoms with van der Waals surface area (Å²) < 4.78 is 1.90. The van der Waals surface area contributed by atoms with Crippen molar-refractivity contribution in [3.8, 4) is 0 Å². The van der Waals surface area contributed by atoms with Gasteiger partial charge in [-0.2, -0.15) is 5.10 Å². The number of aryl methyl sites for hydroxylation is 3. The molecule has 1 aliphatic rings. The molecule has 1 unspecified atom stereocenters. The molecule has 0 radical (unpaired) electrons. The van der Waals surface area contributed by atoms with E-state index in [0.717, 1.165) is 29.2 Å². The van der Waals surface area contributed by atoms with Gasteiger partial charge in [0, 0.05) is 42.6 Å². The molecule has 1 saturated heterocycles. The van der Waals surface area contributed by atoms with Gasteiger partial charge in [-0.05, 0) is 87.9 Å². The second kappa shape index (κ2) is 7.43. The highest BCUT2D eigenvalue weighted by molar-refractivity contribution is 5.78. The molecule has 0 spiro atoms. The van der Waals surface area contributed by atoms with Gasteiger partial charge in [0.05, 0.1) is 5.52 Å². The number of nitrogens with zero attached hydrogens (tertiary/aromatic N) is 4. The van der Waals surface area contributed by atoms with Crippen LogP contribution >= 0.6 is 0 Å². The van der Waals surface area contributed by atoms with E-state index in [1.807, 2.05) is 11.7 Å². The van der Waals surface area contributed by atoms with Crippen LogP contribution in [-0.4, -0.2) is 32.8 Å². The average Bonchev–Trinajstić information content (AvgIpc) is 2.99. The Labute approximate surface area is 162 Å². The van der Waals surface area contributed by atoms with Gasteiger partial charge in [0.1, 0.15) is 0 Å². The summed E-state index contributed by atoms with van der Waals surface area (Å²) in [5.74, 6) is 0.726. The predicted octanol–water partition coefficient (Wildman–Crippen LogP) is 4.60. The first kappa shape index (κ1) is 18.2. The lowest BCUT2D eigenvalue weighted by atomic mass is 9.89. The van der Waals surface area contributed by atoms with Crippen LogP contribution in [0.5, 0.6) is 0 Å². The van der Waals surface area contributed by atoms with Crippen molar-refractivity contribution in [1.29, 1.82) is 0 Å². The molecule has 27 heavy (non-hydrogen) atoms. The topological polar surface area (TPSA) is 34.0 Å². The van der Waals surface area contributed by atoms with Gasteiger partial charge >= 0.3 is 0 Å². The molecule has 0 aliphatic carbocycles. The maximum atomic E-state index is 4.52. The summed E-state index contributed by atoms with van der Waals surface area (Å²) in [5.41, 5.74) is 6.18. The van der Waals surface area contributed by atoms with E-state index >= 15 is 0 Å². The molecule has 0 N–H and O–H groups in total. The van der Waals surface area contributed by atoms with Crippen LogP contribution in [0.15, 0.2) is 36.5 Å². The fraction of sp³-hybridized carbons (Fsp3) is 0.478. The molecule has 142 valence electrons. The minimum Gasteiger partial charge on any atom is -0.296 e. The Kier molecular flexibility index (Phi) is 5.00. The van der Waals surface area contributed by atoms with E-state index in [2.05, 4.69) is 72.3 Å². The minimum absolute atomic E-state index is 0.443. The normalized spacial score (nSPS) is 19.5. The molecule has 3 aromatic rings. The minimum atomic E-state index is 0.443. The van der Waals surface area contributed by atoms with Crippen LogP contribution in [0, 0.1) is 19.8 Å². The van der Waals surface area contributed by atoms with E-state index in [9.17, 15) is 0 Å². The van der Waals surface area contributed by atoms with E-state index in [0.29, 0.717) is 6.04 Å². The fourth-order valence-electron chi connectivity index (χ4n) is 4.63. The quantitative estimate of drug-likeness (QED) is 0.680. The third kappa shape index (κ3) is 4.06. The van der Waals surface area contributed by atoms with Gasteiger partial charge in [-0.15, -0.1) is 0 Å². The first-order chi connectivity index (χ1) is 13.0. The zero-order valence-electron chi connectivity index (χ0n) is 16.9. The highest BCUT2D eigenvalue weighted by Crippen LogP contribution is 2.30. The zero-order valence-corrected chi connectivity index (χ0v) is 16.9. The van der Waals surface area contributed by atoms with E-state index in [1.54, 1.807) is 0 Å². The van der Waals surface area contributed by atoms with Crippen LogP contribution in [0.3, 0.4) is 0 Å². The van der Waals surface area contributed by atoms with Crippen LogP contribution in [0.25, 0.3) is 10.9 Å². The Bertz CT molecular complexity index is 922. The van der Waals surface area contributed by atoms with E-state index in [-0.39, 0.29) is 0 Å². The molecule has 4 rings (SSSR count). The summed E-state index contributed by atoms with van der Waals surface area (Å²) in [6.07, 6.45) is 5.88. The van der Waals surface area contributed by atoms with Gasteiger partial charge in [-0.1, -0.05) is 6.07 Å². The molecule has 1 fully saturated rings. The molecule has 0 bridgehead atoms. The Morgan fingerprint density at radius 2 is 1.93 bits per heavy atom. The van der Waals surface area contributed by atoms with E-state index in [1.165, 1.54) is 42.4 Å². The number of hydrogen-bond acceptors (Lipinski definition) is 3. The number of pyridine rings is 1. The Morgan fingerprint density at radius 3 is 2.70 bits per heavy atom. The molecular weight excluding hydrogens is 332 g/mol. The molecule has 3 heterocycles. The number of likely N-dealkylation sites (tertiary alicyclic amines) is 1. The number of piperidine rings is 1. The van der Waals surface area contributed by atoms with Crippen LogP contribution in [0.4, 0.5) is 0 Å². The van der Waals surface area contributed by atoms with Gasteiger partial charge in [0.2, 0.25) is 0 Å². The predicted molar refractivity (Wildman–Crippen MR) is 111 cm³/mol. The maximum absolute atomic E-state index is 4.52. The number of fused-ring (bicyclic) bond motifs is 1. The summed E-state index contributed by atoms with van der Waals surface area (Å²) in [6.45, 7) is 8.91. The Balaban J connectivity index is 1.47. The number of rotatable bonds is 4. The van der Waals surface area contributed by atoms with Crippen molar-refractivity contribution in [2.24, 2.45) is 13.0 Å². The fourth-order valence-corrected chi connectivity index (χ4v) is 4.63. The second-order valence-corrected chi connectivity index (χ2v) is 8.26. The number of benzene rings is 1. The van der Waals surface area contributed by atoms with Gasteiger partial charge in [-0.25, -0.2) is 0 Å². The SMILES string of the molecule is Cc1cc(C[C@H]2CCCN(C(C)c3ccc4nn(C)cc4c3)C2)cc(C)n1. The molecule has 2 atom stereocenters. The lowest BCUT2D eigenvalue weighted by Crippen LogP contribution is -2.38. The molecular formula is C23H30N4. The van der Waals surface area contributed by atoms with Gasteiger partial charge in [0.25, 0.3) is 0 Å². The van der Waals surface area contributed by atoms with Crippen LogP contribution in [-0.2, 0) is 13.5 Å². The smallest absolute Gasteiger partial charge is 0.0923 e. The average molecular weight is 363 g/mol. The van der Waals surface area contributed by atoms with Crippen molar-refractivity contribution in [2.75, 3.05) is 13.1 Å². The van der Waals surface area contributed by atoms with Crippen molar-refractivity contribution in [1.82, 2.24) is 19.7 Å². The molecule has 4 nitrogen and oxygen atoms in total. The third-order valence-corrected chi connectivity index (χ3v) is 5.89. The second-order valence-electron chi connectivity index (χ2n) is 8.26. The zero-order chi connectivity index (χ0) is 19.0. The summed E-state index contributed by atoms with van der Waals surface area (Å²) in [5, 5.41) is 5.73. The standard InChI is InChI=1S/C23H30N4/c1-16-10-20(11-17(2)24-16)12-19-6-5-9-27(14-19)18(3)21-7-8-23-22(13-21)15-26(4)25-23/h7-8,10-11,13,15,18-19H,5-6,9,12,14H2,1-4H3/t18?,19-/m1/s1. The Hall–Kier alpha value is -2.20. The molecule has 0 saturated carbocycles. The molecule has 2 aromatic heterocycles. The van der Waals surface area contributed by atoms with Gasteiger partial charge in [-0.3, -0.25) is 14.6 Å². The van der Waals surface area contributed by atoms with Crippen molar-refractivity contribution < 1.29 is 0 Å². The summed E-state index contributed by atoms with van der Waals surface area (Å²) in [6, 6.07) is 11.7. The lowest BCUT2D eigenvalue weighted by Gasteiger charge is -2.37. The van der Waals surface area contributed by atoms with Crippen molar-refractivity contribution in [3.63, 3.8) is 0 Å². The van der Waals surface area contributed by atoms with Crippen LogP contribution < -0.4 is 0 Å². The largest absolute Gasteiger partial charge is 0.296 e. The van der Waals surface area contributed by atoms with E-state index in [4.69, 9.17) is 0 Å². The summed E-state index contributed by atoms with van der Waals surface area (Å²) in [4.78, 5) is 7.18. The van der Waals surface area contributed by atoms with Crippen molar-refractivity contribution >= 4 is 10.9 Å². The van der Waals surface area contributed by atoms with E-state index < -0.39 is 0 Å². The molecule has 1 aromatic carbocycles. The summed E-state index contributed by atoms with van der Waals surface area (Å²) in [7, 11) is 1.99. The van der Waals surface area contributed by atoms with Crippen molar-refractivity contribution in [2.45, 2.75) is 46.1 Å². The van der Waals surface area contributed by atoms with Crippen molar-refractivity contribution in [3.05, 3.63) is 59.0 Å². The van der Waals surface area contributed by atoms with Crippen LogP contribution in [0.2, 0.25) is 0 Å². The lowest BCUT2D eigenvalue weighted by molar-refractivity contribution is 0.131.